The molecule has 80 valence electrons. The molecular weight excluding hydrogens is 210 g/mol. The van der Waals surface area contributed by atoms with Crippen molar-refractivity contribution in [2.75, 3.05) is 7.11 Å². The molecule has 0 aromatic heterocycles. The molecule has 1 aromatic rings. The van der Waals surface area contributed by atoms with Crippen LogP contribution in [0.15, 0.2) is 29.2 Å². The van der Waals surface area contributed by atoms with Gasteiger partial charge in [0.15, 0.2) is 0 Å². The number of carbonyl (C=O) groups is 1. The number of nitrogens with one attached hydrogen (secondary N) is 1. The van der Waals surface area contributed by atoms with Crippen molar-refractivity contribution in [3.05, 3.63) is 24.3 Å². The Kier molecular flexibility index (Phi) is 3.16. The van der Waals surface area contributed by atoms with Gasteiger partial charge in [0.2, 0.25) is 0 Å². The molecule has 0 unspecified atom stereocenters. The van der Waals surface area contributed by atoms with Crippen LogP contribution >= 0.6 is 11.8 Å². The van der Waals surface area contributed by atoms with Gasteiger partial charge >= 0.3 is 0 Å². The molecule has 4 heteroatoms. The molecule has 1 aliphatic carbocycles. The molecule has 0 atom stereocenters. The fraction of sp³-hybridized carbons (Fsp3) is 0.364. The number of rotatable bonds is 3. The largest absolute Gasteiger partial charge is 0.497 e. The van der Waals surface area contributed by atoms with Crippen LogP contribution in [0.1, 0.15) is 12.8 Å². The van der Waals surface area contributed by atoms with Crippen molar-refractivity contribution in [1.29, 1.82) is 0 Å². The monoisotopic (exact) mass is 223 g/mol. The molecule has 1 fully saturated rings. The summed E-state index contributed by atoms with van der Waals surface area (Å²) in [5, 5.41) is 2.95. The second kappa shape index (κ2) is 4.57. The van der Waals surface area contributed by atoms with Gasteiger partial charge in [0.05, 0.1) is 7.11 Å². The predicted octanol–water partition coefficient (Wildman–Crippen LogP) is 2.66. The number of carbonyl (C=O) groups excluding carboxylic acids is 1. The quantitative estimate of drug-likeness (QED) is 0.801. The van der Waals surface area contributed by atoms with Gasteiger partial charge in [-0.25, -0.2) is 0 Å². The van der Waals surface area contributed by atoms with Gasteiger partial charge < -0.3 is 10.1 Å². The van der Waals surface area contributed by atoms with Crippen LogP contribution in [0.25, 0.3) is 0 Å². The van der Waals surface area contributed by atoms with Crippen LogP contribution in [0.5, 0.6) is 5.75 Å². The van der Waals surface area contributed by atoms with Crippen molar-refractivity contribution in [2.24, 2.45) is 0 Å². The SMILES string of the molecule is COc1ccc(SC(=O)NC2CC2)cc1. The summed E-state index contributed by atoms with van der Waals surface area (Å²) in [6, 6.07) is 7.90. The summed E-state index contributed by atoms with van der Waals surface area (Å²) in [4.78, 5) is 12.4. The first-order chi connectivity index (χ1) is 7.28. The van der Waals surface area contributed by atoms with Crippen molar-refractivity contribution < 1.29 is 9.53 Å². The summed E-state index contributed by atoms with van der Waals surface area (Å²) in [6.45, 7) is 0. The molecule has 1 N–H and O–H groups in total. The highest BCUT2D eigenvalue weighted by Crippen LogP contribution is 2.25. The maximum atomic E-state index is 11.4. The lowest BCUT2D eigenvalue weighted by Gasteiger charge is -2.03. The molecule has 3 nitrogen and oxygen atoms in total. The summed E-state index contributed by atoms with van der Waals surface area (Å²) in [6.07, 6.45) is 2.24. The van der Waals surface area contributed by atoms with Crippen LogP contribution in [-0.4, -0.2) is 18.4 Å². The molecule has 1 amide bonds. The third kappa shape index (κ3) is 3.16. The van der Waals surface area contributed by atoms with E-state index in [-0.39, 0.29) is 5.24 Å². The molecule has 15 heavy (non-hydrogen) atoms. The van der Waals surface area contributed by atoms with Crippen molar-refractivity contribution in [2.45, 2.75) is 23.8 Å². The third-order valence-corrected chi connectivity index (χ3v) is 2.98. The molecule has 1 aliphatic rings. The Bertz CT molecular complexity index is 346. The van der Waals surface area contributed by atoms with Crippen LogP contribution in [0.2, 0.25) is 0 Å². The smallest absolute Gasteiger partial charge is 0.284 e. The van der Waals surface area contributed by atoms with Crippen LogP contribution in [-0.2, 0) is 0 Å². The van der Waals surface area contributed by atoms with E-state index in [0.29, 0.717) is 6.04 Å². The van der Waals surface area contributed by atoms with E-state index in [1.807, 2.05) is 24.3 Å². The van der Waals surface area contributed by atoms with Gasteiger partial charge in [0, 0.05) is 10.9 Å². The van der Waals surface area contributed by atoms with Gasteiger partial charge in [0.25, 0.3) is 5.24 Å². The first-order valence-electron chi connectivity index (χ1n) is 4.90. The van der Waals surface area contributed by atoms with E-state index in [1.54, 1.807) is 7.11 Å². The Morgan fingerprint density at radius 3 is 2.60 bits per heavy atom. The Morgan fingerprint density at radius 2 is 2.07 bits per heavy atom. The van der Waals surface area contributed by atoms with Crippen molar-refractivity contribution in [3.8, 4) is 5.75 Å². The highest BCUT2D eigenvalue weighted by molar-refractivity contribution is 8.13. The second-order valence-corrected chi connectivity index (χ2v) is 4.53. The first-order valence-corrected chi connectivity index (χ1v) is 5.72. The molecule has 1 saturated carbocycles. The van der Waals surface area contributed by atoms with Gasteiger partial charge in [-0.2, -0.15) is 0 Å². The van der Waals surface area contributed by atoms with Gasteiger partial charge in [-0.3, -0.25) is 4.79 Å². The lowest BCUT2D eigenvalue weighted by atomic mass is 10.3. The van der Waals surface area contributed by atoms with Crippen molar-refractivity contribution in [1.82, 2.24) is 5.32 Å². The Labute approximate surface area is 93.2 Å². The van der Waals surface area contributed by atoms with Crippen molar-refractivity contribution >= 4 is 17.0 Å². The summed E-state index contributed by atoms with van der Waals surface area (Å²) in [7, 11) is 1.63. The minimum absolute atomic E-state index is 0.0302. The first kappa shape index (κ1) is 10.4. The number of benzene rings is 1. The summed E-state index contributed by atoms with van der Waals surface area (Å²) in [5.74, 6) is 0.807. The topological polar surface area (TPSA) is 38.3 Å². The molecule has 0 saturated heterocycles. The fourth-order valence-electron chi connectivity index (χ4n) is 1.17. The standard InChI is InChI=1S/C11H13NO2S/c1-14-9-4-6-10(7-5-9)15-11(13)12-8-2-3-8/h4-8H,2-3H2,1H3,(H,12,13). The zero-order chi connectivity index (χ0) is 10.7. The molecular formula is C11H13NO2S. The molecule has 0 bridgehead atoms. The maximum absolute atomic E-state index is 11.4. The molecule has 1 aromatic carbocycles. The molecule has 0 aliphatic heterocycles. The zero-order valence-electron chi connectivity index (χ0n) is 8.53. The fourth-order valence-corrected chi connectivity index (χ4v) is 1.89. The normalized spacial score (nSPS) is 14.7. The highest BCUT2D eigenvalue weighted by atomic mass is 32.2. The van der Waals surface area contributed by atoms with E-state index < -0.39 is 0 Å². The van der Waals surface area contributed by atoms with Gasteiger partial charge in [-0.15, -0.1) is 0 Å². The average Bonchev–Trinajstić information content (AvgIpc) is 3.03. The minimum atomic E-state index is 0.0302. The van der Waals surface area contributed by atoms with E-state index in [1.165, 1.54) is 11.8 Å². The van der Waals surface area contributed by atoms with Gasteiger partial charge in [-0.05, 0) is 48.9 Å². The number of hydrogen-bond acceptors (Lipinski definition) is 3. The number of ether oxygens (including phenoxy) is 1. The Hall–Kier alpha value is -1.16. The minimum Gasteiger partial charge on any atom is -0.497 e. The van der Waals surface area contributed by atoms with E-state index >= 15 is 0 Å². The van der Waals surface area contributed by atoms with E-state index in [4.69, 9.17) is 4.74 Å². The zero-order valence-corrected chi connectivity index (χ0v) is 9.34. The number of hydrogen-bond donors (Lipinski definition) is 1. The molecule has 0 radical (unpaired) electrons. The summed E-state index contributed by atoms with van der Waals surface area (Å²) in [5.41, 5.74) is 0. The summed E-state index contributed by atoms with van der Waals surface area (Å²) >= 11 is 1.23. The van der Waals surface area contributed by atoms with E-state index in [9.17, 15) is 4.79 Å². The average molecular weight is 223 g/mol. The van der Waals surface area contributed by atoms with E-state index in [2.05, 4.69) is 5.32 Å². The van der Waals surface area contributed by atoms with E-state index in [0.717, 1.165) is 23.5 Å². The Balaban J connectivity index is 1.88. The Morgan fingerprint density at radius 1 is 1.40 bits per heavy atom. The number of amides is 1. The lowest BCUT2D eigenvalue weighted by Crippen LogP contribution is -2.20. The van der Waals surface area contributed by atoms with Crippen LogP contribution in [0.3, 0.4) is 0 Å². The second-order valence-electron chi connectivity index (χ2n) is 3.48. The molecule has 0 heterocycles. The maximum Gasteiger partial charge on any atom is 0.284 e. The molecule has 2 rings (SSSR count). The third-order valence-electron chi connectivity index (χ3n) is 2.17. The highest BCUT2D eigenvalue weighted by Gasteiger charge is 2.23. The number of methoxy groups -OCH3 is 1. The van der Waals surface area contributed by atoms with Crippen molar-refractivity contribution in [3.63, 3.8) is 0 Å². The predicted molar refractivity (Wildman–Crippen MR) is 60.4 cm³/mol. The van der Waals surface area contributed by atoms with Gasteiger partial charge in [0.1, 0.15) is 5.75 Å². The van der Waals surface area contributed by atoms with Crippen LogP contribution < -0.4 is 10.1 Å². The lowest BCUT2D eigenvalue weighted by molar-refractivity contribution is 0.260. The van der Waals surface area contributed by atoms with Gasteiger partial charge in [-0.1, -0.05) is 0 Å². The van der Waals surface area contributed by atoms with Crippen LogP contribution in [0.4, 0.5) is 4.79 Å². The number of thioether (sulfide) groups is 1. The molecule has 0 spiro atoms. The van der Waals surface area contributed by atoms with Crippen LogP contribution in [0, 0.1) is 0 Å². The summed E-state index contributed by atoms with van der Waals surface area (Å²) < 4.78 is 5.04.